The fraction of sp³-hybridized carbons (Fsp3) is 0.471. The molecule has 8 heteroatoms. The van der Waals surface area contributed by atoms with Crippen LogP contribution < -0.4 is 15.4 Å². The molecule has 1 aromatic carbocycles. The first-order valence-corrected chi connectivity index (χ1v) is 9.14. The van der Waals surface area contributed by atoms with Crippen LogP contribution in [0.5, 0.6) is 5.75 Å². The van der Waals surface area contributed by atoms with E-state index < -0.39 is 0 Å². The molecule has 0 unspecified atom stereocenters. The number of unbranched alkanes of at least 4 members (excludes halogenated alkanes) is 4. The Balaban J connectivity index is 1.95. The standard InChI is InChI=1S/C17H23Cl2N5O/c1-3-4-5-6-7-10-20-16-22-15(19)23-17(24-16)21-12-8-9-14(25-2)13(18)11-12/h8-9,11H,3-7,10H2,1-2H3,(H2,20,21,22,23,24). The Labute approximate surface area is 158 Å². The van der Waals surface area contributed by atoms with Gasteiger partial charge in [-0.1, -0.05) is 44.2 Å². The van der Waals surface area contributed by atoms with Gasteiger partial charge in [-0.2, -0.15) is 15.0 Å². The van der Waals surface area contributed by atoms with Crippen LogP contribution in [0.2, 0.25) is 10.3 Å². The number of halogens is 2. The van der Waals surface area contributed by atoms with E-state index in [1.165, 1.54) is 25.7 Å². The Hall–Kier alpha value is -1.79. The van der Waals surface area contributed by atoms with Crippen LogP contribution in [0, 0.1) is 0 Å². The molecular weight excluding hydrogens is 361 g/mol. The molecule has 1 heterocycles. The fourth-order valence-corrected chi connectivity index (χ4v) is 2.70. The molecule has 0 saturated heterocycles. The Morgan fingerprint density at radius 1 is 1.00 bits per heavy atom. The number of anilines is 3. The predicted octanol–water partition coefficient (Wildman–Crippen LogP) is 5.31. The lowest BCUT2D eigenvalue weighted by molar-refractivity contribution is 0.415. The van der Waals surface area contributed by atoms with Crippen molar-refractivity contribution in [3.8, 4) is 5.75 Å². The molecule has 1 aromatic heterocycles. The molecule has 0 saturated carbocycles. The van der Waals surface area contributed by atoms with Gasteiger partial charge in [0.15, 0.2) is 0 Å². The number of rotatable bonds is 10. The predicted molar refractivity (Wildman–Crippen MR) is 103 cm³/mol. The molecule has 6 nitrogen and oxygen atoms in total. The highest BCUT2D eigenvalue weighted by molar-refractivity contribution is 6.32. The number of hydrogen-bond donors (Lipinski definition) is 2. The van der Waals surface area contributed by atoms with Crippen LogP contribution in [-0.4, -0.2) is 28.6 Å². The first kappa shape index (κ1) is 19.5. The molecule has 0 aliphatic rings. The molecule has 0 amide bonds. The zero-order chi connectivity index (χ0) is 18.1. The molecule has 2 rings (SSSR count). The van der Waals surface area contributed by atoms with Gasteiger partial charge in [-0.05, 0) is 36.2 Å². The van der Waals surface area contributed by atoms with Gasteiger partial charge in [0.25, 0.3) is 0 Å². The molecule has 2 aromatic rings. The van der Waals surface area contributed by atoms with E-state index in [1.807, 2.05) is 6.07 Å². The van der Waals surface area contributed by atoms with Crippen molar-refractivity contribution in [2.75, 3.05) is 24.3 Å². The smallest absolute Gasteiger partial charge is 0.233 e. The van der Waals surface area contributed by atoms with Gasteiger partial charge in [-0.25, -0.2) is 0 Å². The minimum atomic E-state index is 0.130. The molecule has 2 N–H and O–H groups in total. The van der Waals surface area contributed by atoms with Crippen LogP contribution in [0.3, 0.4) is 0 Å². The Morgan fingerprint density at radius 2 is 1.76 bits per heavy atom. The third-order valence-corrected chi connectivity index (χ3v) is 4.04. The molecule has 0 fully saturated rings. The SMILES string of the molecule is CCCCCCCNc1nc(Cl)nc(Nc2ccc(OC)c(Cl)c2)n1. The van der Waals surface area contributed by atoms with E-state index >= 15 is 0 Å². The average molecular weight is 384 g/mol. The van der Waals surface area contributed by atoms with E-state index in [4.69, 9.17) is 27.9 Å². The van der Waals surface area contributed by atoms with Crippen molar-refractivity contribution < 1.29 is 4.74 Å². The molecule has 0 spiro atoms. The minimum Gasteiger partial charge on any atom is -0.495 e. The molecule has 0 aliphatic heterocycles. The normalized spacial score (nSPS) is 10.6. The summed E-state index contributed by atoms with van der Waals surface area (Å²) in [5, 5.41) is 6.88. The summed E-state index contributed by atoms with van der Waals surface area (Å²) < 4.78 is 5.14. The van der Waals surface area contributed by atoms with Crippen molar-refractivity contribution in [1.29, 1.82) is 0 Å². The fourth-order valence-electron chi connectivity index (χ4n) is 2.29. The van der Waals surface area contributed by atoms with Gasteiger partial charge in [0.2, 0.25) is 17.2 Å². The quantitative estimate of drug-likeness (QED) is 0.541. The summed E-state index contributed by atoms with van der Waals surface area (Å²) in [6.07, 6.45) is 6.02. The van der Waals surface area contributed by atoms with Crippen LogP contribution in [-0.2, 0) is 0 Å². The number of aromatic nitrogens is 3. The van der Waals surface area contributed by atoms with Crippen LogP contribution >= 0.6 is 23.2 Å². The van der Waals surface area contributed by atoms with Crippen molar-refractivity contribution in [2.24, 2.45) is 0 Å². The molecule has 0 atom stereocenters. The summed E-state index contributed by atoms with van der Waals surface area (Å²) in [6, 6.07) is 5.32. The third kappa shape index (κ3) is 6.55. The van der Waals surface area contributed by atoms with Gasteiger partial charge < -0.3 is 15.4 Å². The van der Waals surface area contributed by atoms with Crippen LogP contribution in [0.25, 0.3) is 0 Å². The van der Waals surface area contributed by atoms with Crippen LogP contribution in [0.4, 0.5) is 17.6 Å². The van der Waals surface area contributed by atoms with Gasteiger partial charge in [0.1, 0.15) is 5.75 Å². The van der Waals surface area contributed by atoms with E-state index in [9.17, 15) is 0 Å². The Morgan fingerprint density at radius 3 is 2.48 bits per heavy atom. The van der Waals surface area contributed by atoms with Crippen LogP contribution in [0.15, 0.2) is 18.2 Å². The third-order valence-electron chi connectivity index (χ3n) is 3.58. The highest BCUT2D eigenvalue weighted by Crippen LogP contribution is 2.28. The summed E-state index contributed by atoms with van der Waals surface area (Å²) in [7, 11) is 1.57. The van der Waals surface area contributed by atoms with Crippen molar-refractivity contribution >= 4 is 40.8 Å². The van der Waals surface area contributed by atoms with Crippen molar-refractivity contribution in [3.05, 3.63) is 28.5 Å². The topological polar surface area (TPSA) is 72.0 Å². The second kappa shape index (κ2) is 10.3. The first-order valence-electron chi connectivity index (χ1n) is 8.38. The number of hydrogen-bond acceptors (Lipinski definition) is 6. The molecule has 0 aliphatic carbocycles. The van der Waals surface area contributed by atoms with Crippen molar-refractivity contribution in [1.82, 2.24) is 15.0 Å². The van der Waals surface area contributed by atoms with E-state index in [0.29, 0.717) is 22.7 Å². The van der Waals surface area contributed by atoms with Gasteiger partial charge >= 0.3 is 0 Å². The zero-order valence-electron chi connectivity index (χ0n) is 14.5. The average Bonchev–Trinajstić information content (AvgIpc) is 2.58. The Bertz CT molecular complexity index is 684. The van der Waals surface area contributed by atoms with Gasteiger partial charge in [0.05, 0.1) is 12.1 Å². The van der Waals surface area contributed by atoms with Gasteiger partial charge in [0, 0.05) is 12.2 Å². The summed E-state index contributed by atoms with van der Waals surface area (Å²) >= 11 is 12.1. The van der Waals surface area contributed by atoms with E-state index in [0.717, 1.165) is 18.7 Å². The van der Waals surface area contributed by atoms with Crippen molar-refractivity contribution in [2.45, 2.75) is 39.0 Å². The van der Waals surface area contributed by atoms with Gasteiger partial charge in [-0.15, -0.1) is 0 Å². The van der Waals surface area contributed by atoms with Crippen LogP contribution in [0.1, 0.15) is 39.0 Å². The number of benzene rings is 1. The number of methoxy groups -OCH3 is 1. The van der Waals surface area contributed by atoms with E-state index in [1.54, 1.807) is 19.2 Å². The molecule has 136 valence electrons. The number of nitrogens with zero attached hydrogens (tertiary/aromatic N) is 3. The highest BCUT2D eigenvalue weighted by atomic mass is 35.5. The van der Waals surface area contributed by atoms with Gasteiger partial charge in [-0.3, -0.25) is 0 Å². The lowest BCUT2D eigenvalue weighted by atomic mass is 10.1. The summed E-state index contributed by atoms with van der Waals surface area (Å²) in [5.41, 5.74) is 0.735. The maximum atomic E-state index is 6.12. The minimum absolute atomic E-state index is 0.130. The van der Waals surface area contributed by atoms with E-state index in [2.05, 4.69) is 32.5 Å². The highest BCUT2D eigenvalue weighted by Gasteiger charge is 2.07. The second-order valence-electron chi connectivity index (χ2n) is 5.57. The van der Waals surface area contributed by atoms with Crippen molar-refractivity contribution in [3.63, 3.8) is 0 Å². The maximum Gasteiger partial charge on any atom is 0.233 e. The molecule has 0 radical (unpaired) electrons. The largest absolute Gasteiger partial charge is 0.495 e. The Kier molecular flexibility index (Phi) is 8.01. The number of nitrogens with one attached hydrogen (secondary N) is 2. The summed E-state index contributed by atoms with van der Waals surface area (Å²) in [5.74, 6) is 1.42. The second-order valence-corrected chi connectivity index (χ2v) is 6.31. The van der Waals surface area contributed by atoms with E-state index in [-0.39, 0.29) is 5.28 Å². The summed E-state index contributed by atoms with van der Waals surface area (Å²) in [6.45, 7) is 3.01. The maximum absolute atomic E-state index is 6.12. The molecule has 0 bridgehead atoms. The lowest BCUT2D eigenvalue weighted by Crippen LogP contribution is -2.08. The first-order chi connectivity index (χ1) is 12.1. The number of ether oxygens (including phenoxy) is 1. The molecule has 25 heavy (non-hydrogen) atoms. The monoisotopic (exact) mass is 383 g/mol. The molecular formula is C17H23Cl2N5O. The zero-order valence-corrected chi connectivity index (χ0v) is 16.0. The summed E-state index contributed by atoms with van der Waals surface area (Å²) in [4.78, 5) is 12.5. The lowest BCUT2D eigenvalue weighted by Gasteiger charge is -2.10.